The van der Waals surface area contributed by atoms with Crippen LogP contribution in [0.15, 0.2) is 59.5 Å². The van der Waals surface area contributed by atoms with Crippen molar-refractivity contribution < 1.29 is 14.4 Å². The smallest absolute Gasteiger partial charge is 0.247 e. The standard InChI is InChI=1S/C20H18N2O3S/c23-18-10-11-19(24)21(18)12-20(25)22-15-8-4-5-9-17(15)26-13-16(22)14-6-2-1-3-7-14/h1-9,16H,10-13H2/t16-/m0/s1. The number of anilines is 1. The van der Waals surface area contributed by atoms with Crippen LogP contribution in [-0.2, 0) is 14.4 Å². The number of fused-ring (bicyclic) bond motifs is 1. The first-order valence-electron chi connectivity index (χ1n) is 8.57. The normalized spacial score (nSPS) is 19.6. The second-order valence-electron chi connectivity index (χ2n) is 6.34. The number of carbonyl (C=O) groups excluding carboxylic acids is 3. The van der Waals surface area contributed by atoms with Crippen LogP contribution in [0.1, 0.15) is 24.4 Å². The zero-order valence-corrected chi connectivity index (χ0v) is 14.9. The number of hydrogen-bond donors (Lipinski definition) is 0. The average Bonchev–Trinajstić information content (AvgIpc) is 2.99. The van der Waals surface area contributed by atoms with Gasteiger partial charge in [-0.25, -0.2) is 0 Å². The fourth-order valence-corrected chi connectivity index (χ4v) is 4.60. The van der Waals surface area contributed by atoms with E-state index in [-0.39, 0.29) is 43.1 Å². The van der Waals surface area contributed by atoms with Gasteiger partial charge in [0, 0.05) is 23.5 Å². The molecule has 2 heterocycles. The lowest BCUT2D eigenvalue weighted by Gasteiger charge is -2.37. The molecule has 0 unspecified atom stereocenters. The zero-order chi connectivity index (χ0) is 18.1. The molecule has 0 bridgehead atoms. The molecule has 1 fully saturated rings. The van der Waals surface area contributed by atoms with Gasteiger partial charge in [0.2, 0.25) is 17.7 Å². The highest BCUT2D eigenvalue weighted by molar-refractivity contribution is 7.99. The molecule has 26 heavy (non-hydrogen) atoms. The second-order valence-corrected chi connectivity index (χ2v) is 7.40. The predicted molar refractivity (Wildman–Crippen MR) is 99.8 cm³/mol. The van der Waals surface area contributed by atoms with E-state index in [9.17, 15) is 14.4 Å². The Labute approximate surface area is 156 Å². The van der Waals surface area contributed by atoms with Crippen LogP contribution < -0.4 is 4.90 Å². The fourth-order valence-electron chi connectivity index (χ4n) is 3.43. The van der Waals surface area contributed by atoms with Crippen LogP contribution in [0.2, 0.25) is 0 Å². The molecule has 0 radical (unpaired) electrons. The van der Waals surface area contributed by atoms with E-state index >= 15 is 0 Å². The van der Waals surface area contributed by atoms with Crippen LogP contribution in [-0.4, -0.2) is 34.9 Å². The Morgan fingerprint density at radius 2 is 1.62 bits per heavy atom. The second kappa shape index (κ2) is 6.96. The number of thioether (sulfide) groups is 1. The van der Waals surface area contributed by atoms with Crippen molar-refractivity contribution in [2.45, 2.75) is 23.8 Å². The Kier molecular flexibility index (Phi) is 4.51. The summed E-state index contributed by atoms with van der Waals surface area (Å²) in [6.45, 7) is -0.194. The molecule has 0 saturated carbocycles. The van der Waals surface area contributed by atoms with Crippen LogP contribution >= 0.6 is 11.8 Å². The molecule has 2 aliphatic heterocycles. The SMILES string of the molecule is O=C1CCC(=O)N1CC(=O)N1c2ccccc2SC[C@H]1c1ccccc1. The summed E-state index contributed by atoms with van der Waals surface area (Å²) in [6.07, 6.45) is 0.390. The van der Waals surface area contributed by atoms with Gasteiger partial charge in [-0.1, -0.05) is 42.5 Å². The van der Waals surface area contributed by atoms with Crippen molar-refractivity contribution in [3.8, 4) is 0 Å². The Morgan fingerprint density at radius 3 is 2.35 bits per heavy atom. The molecule has 132 valence electrons. The minimum Gasteiger partial charge on any atom is -0.301 e. The third-order valence-corrected chi connectivity index (χ3v) is 5.87. The van der Waals surface area contributed by atoms with E-state index in [1.54, 1.807) is 16.7 Å². The largest absolute Gasteiger partial charge is 0.301 e. The summed E-state index contributed by atoms with van der Waals surface area (Å²) in [4.78, 5) is 40.9. The van der Waals surface area contributed by atoms with Crippen molar-refractivity contribution in [1.29, 1.82) is 0 Å². The van der Waals surface area contributed by atoms with Gasteiger partial charge < -0.3 is 4.90 Å². The lowest BCUT2D eigenvalue weighted by Crippen LogP contribution is -2.46. The maximum absolute atomic E-state index is 13.2. The zero-order valence-electron chi connectivity index (χ0n) is 14.1. The lowest BCUT2D eigenvalue weighted by atomic mass is 10.1. The van der Waals surface area contributed by atoms with Gasteiger partial charge in [0.05, 0.1) is 11.7 Å². The van der Waals surface area contributed by atoms with E-state index in [0.29, 0.717) is 0 Å². The maximum Gasteiger partial charge on any atom is 0.247 e. The van der Waals surface area contributed by atoms with E-state index < -0.39 is 0 Å². The summed E-state index contributed by atoms with van der Waals surface area (Å²) in [5.74, 6) is -0.0250. The number of benzene rings is 2. The van der Waals surface area contributed by atoms with E-state index in [1.165, 1.54) is 0 Å². The third-order valence-electron chi connectivity index (χ3n) is 4.73. The van der Waals surface area contributed by atoms with Crippen molar-refractivity contribution in [2.75, 3.05) is 17.2 Å². The molecule has 2 aliphatic rings. The average molecular weight is 366 g/mol. The molecule has 2 aromatic rings. The van der Waals surface area contributed by atoms with Crippen LogP contribution in [0, 0.1) is 0 Å². The third kappa shape index (κ3) is 3.01. The lowest BCUT2D eigenvalue weighted by molar-refractivity contribution is -0.141. The van der Waals surface area contributed by atoms with Crippen LogP contribution in [0.4, 0.5) is 5.69 Å². The molecular formula is C20H18N2O3S. The summed E-state index contributed by atoms with van der Waals surface area (Å²) in [7, 11) is 0. The summed E-state index contributed by atoms with van der Waals surface area (Å²) >= 11 is 1.72. The van der Waals surface area contributed by atoms with Gasteiger partial charge in [-0.3, -0.25) is 19.3 Å². The molecule has 6 heteroatoms. The number of rotatable bonds is 3. The Hall–Kier alpha value is -2.60. The molecule has 1 atom stereocenters. The molecule has 0 spiro atoms. The van der Waals surface area contributed by atoms with E-state index in [1.807, 2.05) is 54.6 Å². The first-order chi connectivity index (χ1) is 12.6. The van der Waals surface area contributed by atoms with E-state index in [0.717, 1.165) is 26.8 Å². The number of amides is 3. The Bertz CT molecular complexity index is 852. The number of likely N-dealkylation sites (tertiary alicyclic amines) is 1. The highest BCUT2D eigenvalue weighted by Crippen LogP contribution is 2.43. The topological polar surface area (TPSA) is 57.7 Å². The van der Waals surface area contributed by atoms with E-state index in [2.05, 4.69) is 0 Å². The van der Waals surface area contributed by atoms with Gasteiger partial charge in [-0.05, 0) is 17.7 Å². The molecule has 0 aliphatic carbocycles. The van der Waals surface area contributed by atoms with Gasteiger partial charge in [0.1, 0.15) is 6.54 Å². The molecule has 4 rings (SSSR count). The van der Waals surface area contributed by atoms with Gasteiger partial charge in [0.25, 0.3) is 0 Å². The highest BCUT2D eigenvalue weighted by atomic mass is 32.2. The van der Waals surface area contributed by atoms with Crippen LogP contribution in [0.5, 0.6) is 0 Å². The minimum absolute atomic E-state index is 0.128. The van der Waals surface area contributed by atoms with Crippen molar-refractivity contribution >= 4 is 35.2 Å². The monoisotopic (exact) mass is 366 g/mol. The van der Waals surface area contributed by atoms with Crippen molar-refractivity contribution in [2.24, 2.45) is 0 Å². The molecule has 3 amide bonds. The summed E-state index contributed by atoms with van der Waals surface area (Å²) in [6, 6.07) is 17.5. The molecule has 0 N–H and O–H groups in total. The summed E-state index contributed by atoms with van der Waals surface area (Å²) in [5, 5.41) is 0. The van der Waals surface area contributed by atoms with Crippen LogP contribution in [0.25, 0.3) is 0 Å². The van der Waals surface area contributed by atoms with Crippen LogP contribution in [0.3, 0.4) is 0 Å². The number of imide groups is 1. The molecule has 5 nitrogen and oxygen atoms in total. The Balaban J connectivity index is 1.69. The first-order valence-corrected chi connectivity index (χ1v) is 9.56. The maximum atomic E-state index is 13.2. The molecule has 1 saturated heterocycles. The molecule has 0 aromatic heterocycles. The molecular weight excluding hydrogens is 348 g/mol. The summed E-state index contributed by atoms with van der Waals surface area (Å²) in [5.41, 5.74) is 1.88. The number of hydrogen-bond acceptors (Lipinski definition) is 4. The van der Waals surface area contributed by atoms with Gasteiger partial charge in [-0.15, -0.1) is 11.8 Å². The first kappa shape index (κ1) is 16.8. The molecule has 2 aromatic carbocycles. The predicted octanol–water partition coefficient (Wildman–Crippen LogP) is 3.02. The number of carbonyl (C=O) groups is 3. The van der Waals surface area contributed by atoms with Crippen molar-refractivity contribution in [1.82, 2.24) is 4.90 Å². The van der Waals surface area contributed by atoms with Gasteiger partial charge in [0.15, 0.2) is 0 Å². The minimum atomic E-state index is -0.265. The number of nitrogens with zero attached hydrogens (tertiary/aromatic N) is 2. The highest BCUT2D eigenvalue weighted by Gasteiger charge is 2.36. The fraction of sp³-hybridized carbons (Fsp3) is 0.250. The van der Waals surface area contributed by atoms with Crippen molar-refractivity contribution in [3.05, 3.63) is 60.2 Å². The summed E-state index contributed by atoms with van der Waals surface area (Å²) < 4.78 is 0. The van der Waals surface area contributed by atoms with Gasteiger partial charge >= 0.3 is 0 Å². The van der Waals surface area contributed by atoms with E-state index in [4.69, 9.17) is 0 Å². The number of para-hydroxylation sites is 1. The van der Waals surface area contributed by atoms with Gasteiger partial charge in [-0.2, -0.15) is 0 Å². The quantitative estimate of drug-likeness (QED) is 0.784. The Morgan fingerprint density at radius 1 is 0.962 bits per heavy atom. The van der Waals surface area contributed by atoms with Crippen molar-refractivity contribution in [3.63, 3.8) is 0 Å².